The van der Waals surface area contributed by atoms with Gasteiger partial charge in [-0.25, -0.2) is 4.79 Å². The average molecular weight is 212 g/mol. The molecule has 86 valence electrons. The molecule has 0 aromatic rings. The van der Waals surface area contributed by atoms with Crippen LogP contribution < -0.4 is 5.32 Å². The Hall–Kier alpha value is -1.06. The van der Waals surface area contributed by atoms with E-state index in [9.17, 15) is 9.59 Å². The summed E-state index contributed by atoms with van der Waals surface area (Å²) in [5, 5.41) is 2.88. The molecule has 0 bridgehead atoms. The summed E-state index contributed by atoms with van der Waals surface area (Å²) in [5.41, 5.74) is -0.0750. The Bertz CT molecular complexity index is 261. The van der Waals surface area contributed by atoms with Crippen molar-refractivity contribution in [2.75, 3.05) is 0 Å². The van der Waals surface area contributed by atoms with Crippen LogP contribution in [0.2, 0.25) is 0 Å². The third kappa shape index (κ3) is 2.49. The number of nitrogens with one attached hydrogen (secondary N) is 1. The predicted molar refractivity (Wildman–Crippen MR) is 58.4 cm³/mol. The topological polar surface area (TPSA) is 49.4 Å². The molecule has 3 amide bonds. The number of hydrogen-bond acceptors (Lipinski definition) is 2. The van der Waals surface area contributed by atoms with Crippen molar-refractivity contribution in [1.29, 1.82) is 0 Å². The smallest absolute Gasteiger partial charge is 0.324 e. The van der Waals surface area contributed by atoms with E-state index in [0.717, 1.165) is 0 Å². The highest BCUT2D eigenvalue weighted by molar-refractivity contribution is 5.97. The van der Waals surface area contributed by atoms with E-state index >= 15 is 0 Å². The molecular weight excluding hydrogens is 192 g/mol. The van der Waals surface area contributed by atoms with Gasteiger partial charge in [0, 0.05) is 18.5 Å². The van der Waals surface area contributed by atoms with Crippen molar-refractivity contribution in [3.05, 3.63) is 0 Å². The van der Waals surface area contributed by atoms with Gasteiger partial charge in [-0.3, -0.25) is 9.69 Å². The molecule has 0 aliphatic carbocycles. The quantitative estimate of drug-likeness (QED) is 0.720. The van der Waals surface area contributed by atoms with Crippen LogP contribution in [0.25, 0.3) is 0 Å². The van der Waals surface area contributed by atoms with E-state index in [-0.39, 0.29) is 29.4 Å². The summed E-state index contributed by atoms with van der Waals surface area (Å²) in [6.07, 6.45) is 0.396. The normalized spacial score (nSPS) is 23.3. The Labute approximate surface area is 91.0 Å². The van der Waals surface area contributed by atoms with Gasteiger partial charge in [0.2, 0.25) is 5.91 Å². The lowest BCUT2D eigenvalue weighted by molar-refractivity contribution is -0.132. The van der Waals surface area contributed by atoms with Crippen LogP contribution in [0.4, 0.5) is 4.79 Å². The highest BCUT2D eigenvalue weighted by atomic mass is 16.2. The van der Waals surface area contributed by atoms with Gasteiger partial charge in [-0.2, -0.15) is 0 Å². The van der Waals surface area contributed by atoms with Crippen molar-refractivity contribution in [1.82, 2.24) is 10.2 Å². The number of carbonyl (C=O) groups is 2. The summed E-state index contributed by atoms with van der Waals surface area (Å²) >= 11 is 0. The number of nitrogens with zero attached hydrogens (tertiary/aromatic N) is 1. The molecule has 1 saturated heterocycles. The molecule has 4 nitrogen and oxygen atoms in total. The summed E-state index contributed by atoms with van der Waals surface area (Å²) in [6, 6.07) is -0.396. The first-order chi connectivity index (χ1) is 6.73. The number of urea groups is 1. The Morgan fingerprint density at radius 3 is 2.20 bits per heavy atom. The highest BCUT2D eigenvalue weighted by Crippen LogP contribution is 2.25. The zero-order valence-corrected chi connectivity index (χ0v) is 10.1. The maximum Gasteiger partial charge on any atom is 0.324 e. The number of imide groups is 1. The van der Waals surface area contributed by atoms with Crippen LogP contribution >= 0.6 is 0 Å². The molecule has 0 aromatic heterocycles. The first kappa shape index (κ1) is 12.0. The van der Waals surface area contributed by atoms with E-state index in [4.69, 9.17) is 0 Å². The third-order valence-corrected chi connectivity index (χ3v) is 2.73. The summed E-state index contributed by atoms with van der Waals surface area (Å²) in [7, 11) is 0. The van der Waals surface area contributed by atoms with Gasteiger partial charge in [0.05, 0.1) is 0 Å². The number of hydrogen-bond donors (Lipinski definition) is 1. The van der Waals surface area contributed by atoms with Crippen LogP contribution in [0.5, 0.6) is 0 Å². The summed E-state index contributed by atoms with van der Waals surface area (Å²) in [4.78, 5) is 24.8. The summed E-state index contributed by atoms with van der Waals surface area (Å²) < 4.78 is 0. The molecule has 1 rings (SSSR count). The molecule has 1 unspecified atom stereocenters. The Balaban J connectivity index is 2.81. The zero-order chi connectivity index (χ0) is 11.8. The Morgan fingerprint density at radius 1 is 1.33 bits per heavy atom. The van der Waals surface area contributed by atoms with E-state index in [1.807, 2.05) is 34.6 Å². The van der Waals surface area contributed by atoms with Gasteiger partial charge in [-0.15, -0.1) is 0 Å². The van der Waals surface area contributed by atoms with Crippen molar-refractivity contribution < 1.29 is 9.59 Å². The fourth-order valence-electron chi connectivity index (χ4n) is 1.70. The van der Waals surface area contributed by atoms with Crippen LogP contribution in [-0.4, -0.2) is 28.9 Å². The zero-order valence-electron chi connectivity index (χ0n) is 10.1. The molecule has 0 spiro atoms. The second-order valence-corrected chi connectivity index (χ2v) is 5.43. The standard InChI is InChI=1S/C11H20N2O2/c1-7(2)13-9(14)6-8(11(3,4)5)12-10(13)15/h7-8H,6H2,1-5H3,(H,12,15). The third-order valence-electron chi connectivity index (χ3n) is 2.73. The molecule has 1 atom stereocenters. The molecule has 15 heavy (non-hydrogen) atoms. The molecule has 1 aliphatic rings. The molecule has 0 aromatic carbocycles. The van der Waals surface area contributed by atoms with Crippen LogP contribution in [0.1, 0.15) is 41.0 Å². The molecule has 1 heterocycles. The van der Waals surface area contributed by atoms with Crippen LogP contribution in [0, 0.1) is 5.41 Å². The largest absolute Gasteiger partial charge is 0.334 e. The minimum absolute atomic E-state index is 0.0625. The minimum Gasteiger partial charge on any atom is -0.334 e. The van der Waals surface area contributed by atoms with Crippen molar-refractivity contribution >= 4 is 11.9 Å². The van der Waals surface area contributed by atoms with Gasteiger partial charge < -0.3 is 5.32 Å². The minimum atomic E-state index is -0.263. The predicted octanol–water partition coefficient (Wildman–Crippen LogP) is 1.75. The first-order valence-corrected chi connectivity index (χ1v) is 5.36. The summed E-state index contributed by atoms with van der Waals surface area (Å²) in [6.45, 7) is 9.76. The molecular formula is C11H20N2O2. The van der Waals surface area contributed by atoms with E-state index in [0.29, 0.717) is 6.42 Å². The molecule has 1 aliphatic heterocycles. The summed E-state index contributed by atoms with van der Waals surface area (Å²) in [5.74, 6) is -0.0753. The molecule has 1 N–H and O–H groups in total. The molecule has 0 radical (unpaired) electrons. The lowest BCUT2D eigenvalue weighted by Gasteiger charge is -2.39. The second kappa shape index (κ2) is 3.83. The van der Waals surface area contributed by atoms with Crippen molar-refractivity contribution in [2.24, 2.45) is 5.41 Å². The number of carbonyl (C=O) groups excluding carboxylic acids is 2. The first-order valence-electron chi connectivity index (χ1n) is 5.36. The number of rotatable bonds is 1. The molecule has 4 heteroatoms. The Kier molecular flexibility index (Phi) is 3.07. The van der Waals surface area contributed by atoms with E-state index in [1.54, 1.807) is 0 Å². The van der Waals surface area contributed by atoms with Gasteiger partial charge >= 0.3 is 6.03 Å². The highest BCUT2D eigenvalue weighted by Gasteiger charge is 2.38. The van der Waals surface area contributed by atoms with Crippen LogP contribution in [0.15, 0.2) is 0 Å². The molecule has 1 fully saturated rings. The van der Waals surface area contributed by atoms with E-state index in [1.165, 1.54) is 4.90 Å². The fourth-order valence-corrected chi connectivity index (χ4v) is 1.70. The van der Waals surface area contributed by atoms with Crippen molar-refractivity contribution in [3.8, 4) is 0 Å². The van der Waals surface area contributed by atoms with Crippen LogP contribution in [-0.2, 0) is 4.79 Å². The van der Waals surface area contributed by atoms with E-state index in [2.05, 4.69) is 5.32 Å². The van der Waals surface area contributed by atoms with Gasteiger partial charge in [0.15, 0.2) is 0 Å². The van der Waals surface area contributed by atoms with Crippen LogP contribution in [0.3, 0.4) is 0 Å². The number of amides is 3. The van der Waals surface area contributed by atoms with Gasteiger partial charge in [-0.1, -0.05) is 20.8 Å². The fraction of sp³-hybridized carbons (Fsp3) is 0.818. The average Bonchev–Trinajstić information content (AvgIpc) is 1.99. The lowest BCUT2D eigenvalue weighted by atomic mass is 9.83. The molecule has 0 saturated carbocycles. The van der Waals surface area contributed by atoms with E-state index < -0.39 is 0 Å². The maximum absolute atomic E-state index is 11.8. The van der Waals surface area contributed by atoms with Crippen molar-refractivity contribution in [3.63, 3.8) is 0 Å². The van der Waals surface area contributed by atoms with Gasteiger partial charge in [0.1, 0.15) is 0 Å². The lowest BCUT2D eigenvalue weighted by Crippen LogP contribution is -2.60. The second-order valence-electron chi connectivity index (χ2n) is 5.43. The Morgan fingerprint density at radius 2 is 1.87 bits per heavy atom. The van der Waals surface area contributed by atoms with Gasteiger partial charge in [-0.05, 0) is 19.3 Å². The van der Waals surface area contributed by atoms with Gasteiger partial charge in [0.25, 0.3) is 0 Å². The monoisotopic (exact) mass is 212 g/mol. The SMILES string of the molecule is CC(C)N1C(=O)CC(C(C)(C)C)NC1=O. The van der Waals surface area contributed by atoms with Crippen molar-refractivity contribution in [2.45, 2.75) is 53.1 Å². The maximum atomic E-state index is 11.8.